The van der Waals surface area contributed by atoms with Gasteiger partial charge in [0, 0.05) is 18.9 Å². The fraction of sp³-hybridized carbons (Fsp3) is 0.440. The number of ketones is 1. The van der Waals surface area contributed by atoms with Crippen molar-refractivity contribution in [2.75, 3.05) is 13.1 Å². The van der Waals surface area contributed by atoms with E-state index in [1.807, 2.05) is 37.3 Å². The molecule has 2 aromatic rings. The Hall–Kier alpha value is -3.31. The normalized spacial score (nSPS) is 20.7. The molecule has 0 spiro atoms. The van der Waals surface area contributed by atoms with Gasteiger partial charge in [0.1, 0.15) is 18.7 Å². The van der Waals surface area contributed by atoms with Gasteiger partial charge in [-0.2, -0.15) is 4.31 Å². The van der Waals surface area contributed by atoms with E-state index in [4.69, 9.17) is 4.74 Å². The van der Waals surface area contributed by atoms with Gasteiger partial charge in [0.05, 0.1) is 18.3 Å². The van der Waals surface area contributed by atoms with Crippen molar-refractivity contribution >= 4 is 27.8 Å². The summed E-state index contributed by atoms with van der Waals surface area (Å²) in [6, 6.07) is 10.2. The van der Waals surface area contributed by atoms with Crippen molar-refractivity contribution < 1.29 is 27.5 Å². The summed E-state index contributed by atoms with van der Waals surface area (Å²) in [5.41, 5.74) is 1.35. The van der Waals surface area contributed by atoms with Crippen LogP contribution in [0.4, 0.5) is 4.79 Å². The zero-order valence-corrected chi connectivity index (χ0v) is 20.9. The fourth-order valence-electron chi connectivity index (χ4n) is 4.81. The number of amides is 2. The Balaban J connectivity index is 1.42. The maximum atomic E-state index is 13.4. The second-order valence-electron chi connectivity index (χ2n) is 9.01. The average molecular weight is 515 g/mol. The third-order valence-corrected chi connectivity index (χ3v) is 8.28. The maximum absolute atomic E-state index is 13.4. The lowest BCUT2D eigenvalue weighted by Gasteiger charge is -2.28. The van der Waals surface area contributed by atoms with Crippen LogP contribution in [-0.4, -0.2) is 71.6 Å². The van der Waals surface area contributed by atoms with E-state index < -0.39 is 40.1 Å². The van der Waals surface area contributed by atoms with Gasteiger partial charge in [0.25, 0.3) is 0 Å². The van der Waals surface area contributed by atoms with E-state index in [1.165, 1.54) is 15.4 Å². The predicted molar refractivity (Wildman–Crippen MR) is 131 cm³/mol. The summed E-state index contributed by atoms with van der Waals surface area (Å²) >= 11 is 0. The van der Waals surface area contributed by atoms with Crippen molar-refractivity contribution in [2.45, 2.75) is 56.7 Å². The van der Waals surface area contributed by atoms with Crippen LogP contribution in [0.5, 0.6) is 0 Å². The summed E-state index contributed by atoms with van der Waals surface area (Å²) < 4.78 is 32.7. The molecule has 3 unspecified atom stereocenters. The summed E-state index contributed by atoms with van der Waals surface area (Å²) in [4.78, 5) is 44.1. The third-order valence-electron chi connectivity index (χ3n) is 6.47. The molecule has 0 saturated carbocycles. The van der Waals surface area contributed by atoms with E-state index in [-0.39, 0.29) is 31.2 Å². The Labute approximate surface area is 210 Å². The van der Waals surface area contributed by atoms with E-state index in [1.54, 1.807) is 18.3 Å². The van der Waals surface area contributed by atoms with Gasteiger partial charge in [0.2, 0.25) is 15.9 Å². The molecule has 2 fully saturated rings. The largest absolute Gasteiger partial charge is 0.445 e. The quantitative estimate of drug-likeness (QED) is 0.541. The van der Waals surface area contributed by atoms with E-state index in [0.717, 1.165) is 5.56 Å². The first-order chi connectivity index (χ1) is 17.3. The van der Waals surface area contributed by atoms with Gasteiger partial charge in [-0.15, -0.1) is 0 Å². The number of alkyl carbamates (subject to hydrolysis) is 1. The molecule has 2 aliphatic rings. The summed E-state index contributed by atoms with van der Waals surface area (Å²) in [6.45, 7) is 1.92. The Morgan fingerprint density at radius 1 is 1.17 bits per heavy atom. The summed E-state index contributed by atoms with van der Waals surface area (Å²) in [5, 5.41) is 2.63. The van der Waals surface area contributed by atoms with Crippen LogP contribution < -0.4 is 5.32 Å². The molecule has 0 aliphatic carbocycles. The Morgan fingerprint density at radius 3 is 2.61 bits per heavy atom. The second kappa shape index (κ2) is 11.2. The lowest BCUT2D eigenvalue weighted by atomic mass is 10.1. The first-order valence-corrected chi connectivity index (χ1v) is 13.6. The number of benzene rings is 1. The highest BCUT2D eigenvalue weighted by Gasteiger charge is 2.54. The van der Waals surface area contributed by atoms with E-state index >= 15 is 0 Å². The first-order valence-electron chi connectivity index (χ1n) is 12.0. The van der Waals surface area contributed by atoms with E-state index in [2.05, 4.69) is 10.3 Å². The zero-order valence-electron chi connectivity index (χ0n) is 20.1. The fourth-order valence-corrected chi connectivity index (χ4v) is 6.53. The highest BCUT2D eigenvalue weighted by atomic mass is 32.2. The lowest BCUT2D eigenvalue weighted by Crippen LogP contribution is -2.52. The number of hydrogen-bond acceptors (Lipinski definition) is 7. The Morgan fingerprint density at radius 2 is 1.92 bits per heavy atom. The minimum absolute atomic E-state index is 0.0658. The van der Waals surface area contributed by atoms with Crippen LogP contribution in [0.25, 0.3) is 0 Å². The van der Waals surface area contributed by atoms with Crippen LogP contribution in [0, 0.1) is 0 Å². The standard InChI is InChI=1S/C25H30N4O6S/c1-2-7-20(27-25(32)35-16-18-8-4-3-5-9-18)24(31)28-13-11-21-23(28)22(30)15-29(21)36(33,34)17-19-10-6-12-26-14-19/h3-6,8-10,12,14,20-21,23H,2,7,11,13,15-17H2,1H3,(H,27,32). The zero-order chi connectivity index (χ0) is 25.7. The molecule has 2 amide bonds. The van der Waals surface area contributed by atoms with Gasteiger partial charge in [-0.25, -0.2) is 13.2 Å². The maximum Gasteiger partial charge on any atom is 0.408 e. The van der Waals surface area contributed by atoms with Crippen LogP contribution in [0.2, 0.25) is 0 Å². The number of sulfonamides is 1. The predicted octanol–water partition coefficient (Wildman–Crippen LogP) is 1.86. The second-order valence-corrected chi connectivity index (χ2v) is 10.9. The molecule has 3 atom stereocenters. The molecule has 36 heavy (non-hydrogen) atoms. The van der Waals surface area contributed by atoms with Gasteiger partial charge in [-0.3, -0.25) is 14.6 Å². The molecule has 0 radical (unpaired) electrons. The van der Waals surface area contributed by atoms with Crippen LogP contribution in [0.1, 0.15) is 37.3 Å². The smallest absolute Gasteiger partial charge is 0.408 e. The van der Waals surface area contributed by atoms with Crippen LogP contribution in [-0.2, 0) is 36.7 Å². The van der Waals surface area contributed by atoms with Gasteiger partial charge >= 0.3 is 6.09 Å². The SMILES string of the molecule is CCCC(NC(=O)OCc1ccccc1)C(=O)N1CCC2C1C(=O)CN2S(=O)(=O)Cc1cccnc1. The van der Waals surface area contributed by atoms with Crippen molar-refractivity contribution in [2.24, 2.45) is 0 Å². The number of rotatable bonds is 9. The topological polar surface area (TPSA) is 126 Å². The molecule has 1 N–H and O–H groups in total. The van der Waals surface area contributed by atoms with Crippen molar-refractivity contribution in [3.05, 3.63) is 66.0 Å². The molecule has 1 aromatic carbocycles. The number of hydrogen-bond donors (Lipinski definition) is 1. The minimum Gasteiger partial charge on any atom is -0.445 e. The van der Waals surface area contributed by atoms with Crippen molar-refractivity contribution in [1.29, 1.82) is 0 Å². The number of carbonyl (C=O) groups excluding carboxylic acids is 3. The number of nitrogens with one attached hydrogen (secondary N) is 1. The van der Waals surface area contributed by atoms with Crippen molar-refractivity contribution in [3.8, 4) is 0 Å². The van der Waals surface area contributed by atoms with Crippen LogP contribution >= 0.6 is 0 Å². The summed E-state index contributed by atoms with van der Waals surface area (Å²) in [6.07, 6.45) is 3.66. The number of ether oxygens (including phenoxy) is 1. The molecule has 4 rings (SSSR count). The monoisotopic (exact) mass is 514 g/mol. The molecule has 192 valence electrons. The summed E-state index contributed by atoms with van der Waals surface area (Å²) in [5.74, 6) is -0.984. The number of Topliss-reactive ketones (excluding diaryl/α,β-unsaturated/α-hetero) is 1. The van der Waals surface area contributed by atoms with Gasteiger partial charge in [-0.1, -0.05) is 49.7 Å². The summed E-state index contributed by atoms with van der Waals surface area (Å²) in [7, 11) is -3.79. The van der Waals surface area contributed by atoms with E-state index in [0.29, 0.717) is 24.8 Å². The lowest BCUT2D eigenvalue weighted by molar-refractivity contribution is -0.138. The molecule has 2 aliphatic heterocycles. The number of nitrogens with zero attached hydrogens (tertiary/aromatic N) is 3. The molecular weight excluding hydrogens is 484 g/mol. The van der Waals surface area contributed by atoms with Gasteiger partial charge in [-0.05, 0) is 30.0 Å². The number of aromatic nitrogens is 1. The third kappa shape index (κ3) is 5.73. The van der Waals surface area contributed by atoms with Crippen LogP contribution in [0.3, 0.4) is 0 Å². The molecule has 2 saturated heterocycles. The first kappa shape index (κ1) is 25.8. The molecule has 0 bridgehead atoms. The molecule has 11 heteroatoms. The number of carbonyl (C=O) groups is 3. The Kier molecular flexibility index (Phi) is 8.00. The van der Waals surface area contributed by atoms with Gasteiger partial charge < -0.3 is 15.0 Å². The molecular formula is C25H30N4O6S. The average Bonchev–Trinajstić information content (AvgIpc) is 3.44. The molecule has 10 nitrogen and oxygen atoms in total. The molecule has 1 aromatic heterocycles. The Bertz CT molecular complexity index is 1190. The van der Waals surface area contributed by atoms with Gasteiger partial charge in [0.15, 0.2) is 5.78 Å². The number of fused-ring (bicyclic) bond motifs is 1. The highest BCUT2D eigenvalue weighted by molar-refractivity contribution is 7.88. The number of likely N-dealkylation sites (tertiary alicyclic amines) is 1. The highest BCUT2D eigenvalue weighted by Crippen LogP contribution is 2.33. The van der Waals surface area contributed by atoms with Crippen molar-refractivity contribution in [1.82, 2.24) is 19.5 Å². The van der Waals surface area contributed by atoms with Crippen molar-refractivity contribution in [3.63, 3.8) is 0 Å². The van der Waals surface area contributed by atoms with E-state index in [9.17, 15) is 22.8 Å². The minimum atomic E-state index is -3.79. The molecule has 3 heterocycles. The van der Waals surface area contributed by atoms with Crippen LogP contribution in [0.15, 0.2) is 54.9 Å². The number of pyridine rings is 1.